The molecule has 1 fully saturated rings. The summed E-state index contributed by atoms with van der Waals surface area (Å²) in [6.45, 7) is 5.39. The first kappa shape index (κ1) is 16.4. The number of benzene rings is 1. The quantitative estimate of drug-likeness (QED) is 0.889. The van der Waals surface area contributed by atoms with Crippen molar-refractivity contribution in [3.05, 3.63) is 35.6 Å². The van der Waals surface area contributed by atoms with Gasteiger partial charge < -0.3 is 10.6 Å². The second kappa shape index (κ2) is 7.37. The summed E-state index contributed by atoms with van der Waals surface area (Å²) in [5, 5.41) is 0. The van der Waals surface area contributed by atoms with Crippen LogP contribution in [0.4, 0.5) is 4.39 Å². The third kappa shape index (κ3) is 4.27. The van der Waals surface area contributed by atoms with E-state index in [-0.39, 0.29) is 17.8 Å². The van der Waals surface area contributed by atoms with Gasteiger partial charge in [-0.1, -0.05) is 32.0 Å². The van der Waals surface area contributed by atoms with Crippen molar-refractivity contribution >= 4 is 0 Å². The van der Waals surface area contributed by atoms with Crippen molar-refractivity contribution < 1.29 is 4.39 Å². The molecule has 1 aromatic rings. The maximum atomic E-state index is 13.8. The van der Waals surface area contributed by atoms with Gasteiger partial charge in [0.1, 0.15) is 5.82 Å². The fourth-order valence-electron chi connectivity index (χ4n) is 3.45. The van der Waals surface area contributed by atoms with E-state index in [0.29, 0.717) is 11.6 Å². The largest absolute Gasteiger partial charge is 0.324 e. The molecule has 0 saturated heterocycles. The Morgan fingerprint density at radius 2 is 1.86 bits per heavy atom. The van der Waals surface area contributed by atoms with Gasteiger partial charge in [0.2, 0.25) is 0 Å². The fraction of sp³-hybridized carbons (Fsp3) is 0.667. The van der Waals surface area contributed by atoms with E-state index in [2.05, 4.69) is 25.8 Å². The number of nitrogens with two attached hydrogens (primary N) is 1. The molecule has 1 aromatic carbocycles. The van der Waals surface area contributed by atoms with E-state index in [0.717, 1.165) is 12.5 Å². The monoisotopic (exact) mass is 292 g/mol. The number of hydrogen-bond acceptors (Lipinski definition) is 2. The molecule has 2 N–H and O–H groups in total. The van der Waals surface area contributed by atoms with Gasteiger partial charge in [-0.25, -0.2) is 4.39 Å². The van der Waals surface area contributed by atoms with Crippen LogP contribution in [0.15, 0.2) is 24.3 Å². The standard InChI is InChI=1S/C18H29FN2/c1-13-8-10-15(11-9-13)21(3)12-14(2)18(20)16-6-4-5-7-17(16)19/h4-7,13-15,18H,8-12,20H2,1-3H3. The maximum Gasteiger partial charge on any atom is 0.127 e. The summed E-state index contributed by atoms with van der Waals surface area (Å²) in [4.78, 5) is 2.43. The Morgan fingerprint density at radius 3 is 2.48 bits per heavy atom. The molecule has 2 rings (SSSR count). The number of hydrogen-bond donors (Lipinski definition) is 1. The lowest BCUT2D eigenvalue weighted by Gasteiger charge is -2.36. The van der Waals surface area contributed by atoms with Crippen molar-refractivity contribution in [2.45, 2.75) is 51.6 Å². The molecule has 3 heteroatoms. The average molecular weight is 292 g/mol. The first-order chi connectivity index (χ1) is 9.99. The fourth-order valence-corrected chi connectivity index (χ4v) is 3.45. The molecule has 0 amide bonds. The van der Waals surface area contributed by atoms with Crippen LogP contribution in [0.1, 0.15) is 51.1 Å². The smallest absolute Gasteiger partial charge is 0.127 e. The minimum absolute atomic E-state index is 0.189. The van der Waals surface area contributed by atoms with Gasteiger partial charge in [-0.05, 0) is 50.6 Å². The lowest BCUT2D eigenvalue weighted by atomic mass is 9.86. The van der Waals surface area contributed by atoms with Gasteiger partial charge in [0.15, 0.2) is 0 Å². The van der Waals surface area contributed by atoms with Crippen LogP contribution in [0.25, 0.3) is 0 Å². The molecule has 2 atom stereocenters. The van der Waals surface area contributed by atoms with Gasteiger partial charge >= 0.3 is 0 Å². The summed E-state index contributed by atoms with van der Waals surface area (Å²) in [6.07, 6.45) is 5.20. The SMILES string of the molecule is CC1CCC(N(C)CC(C)C(N)c2ccccc2F)CC1. The Hall–Kier alpha value is -0.930. The normalized spacial score (nSPS) is 25.8. The molecule has 1 saturated carbocycles. The highest BCUT2D eigenvalue weighted by Crippen LogP contribution is 2.28. The summed E-state index contributed by atoms with van der Waals surface area (Å²) in [5.41, 5.74) is 6.91. The predicted octanol–water partition coefficient (Wildman–Crippen LogP) is 3.97. The van der Waals surface area contributed by atoms with Gasteiger partial charge in [-0.15, -0.1) is 0 Å². The number of rotatable bonds is 5. The predicted molar refractivity (Wildman–Crippen MR) is 86.5 cm³/mol. The van der Waals surface area contributed by atoms with Gasteiger partial charge in [0, 0.05) is 24.2 Å². The van der Waals surface area contributed by atoms with Crippen LogP contribution in [-0.4, -0.2) is 24.5 Å². The van der Waals surface area contributed by atoms with Crippen LogP contribution < -0.4 is 5.73 Å². The number of halogens is 1. The van der Waals surface area contributed by atoms with Crippen molar-refractivity contribution in [3.63, 3.8) is 0 Å². The molecule has 0 radical (unpaired) electrons. The summed E-state index contributed by atoms with van der Waals surface area (Å²) in [7, 11) is 2.19. The van der Waals surface area contributed by atoms with Crippen LogP contribution in [0, 0.1) is 17.7 Å². The molecular formula is C18H29FN2. The highest BCUT2D eigenvalue weighted by atomic mass is 19.1. The molecule has 0 aliphatic heterocycles. The van der Waals surface area contributed by atoms with Crippen LogP contribution in [0.3, 0.4) is 0 Å². The third-order valence-corrected chi connectivity index (χ3v) is 5.06. The van der Waals surface area contributed by atoms with E-state index >= 15 is 0 Å². The molecule has 0 aromatic heterocycles. The highest BCUT2D eigenvalue weighted by molar-refractivity contribution is 5.21. The Kier molecular flexibility index (Phi) is 5.77. The summed E-state index contributed by atoms with van der Waals surface area (Å²) in [6, 6.07) is 7.29. The van der Waals surface area contributed by atoms with E-state index in [1.165, 1.54) is 31.7 Å². The van der Waals surface area contributed by atoms with Crippen LogP contribution in [0.5, 0.6) is 0 Å². The Bertz CT molecular complexity index is 441. The molecule has 0 spiro atoms. The second-order valence-corrected chi connectivity index (χ2v) is 6.88. The molecule has 1 aliphatic carbocycles. The lowest BCUT2D eigenvalue weighted by molar-refractivity contribution is 0.146. The van der Waals surface area contributed by atoms with E-state index < -0.39 is 0 Å². The molecular weight excluding hydrogens is 263 g/mol. The van der Waals surface area contributed by atoms with E-state index in [1.54, 1.807) is 12.1 Å². The van der Waals surface area contributed by atoms with E-state index in [1.807, 2.05) is 6.07 Å². The maximum absolute atomic E-state index is 13.8. The Labute approximate surface area is 128 Å². The zero-order chi connectivity index (χ0) is 15.4. The Morgan fingerprint density at radius 1 is 1.24 bits per heavy atom. The summed E-state index contributed by atoms with van der Waals surface area (Å²) < 4.78 is 13.8. The van der Waals surface area contributed by atoms with Gasteiger partial charge in [0.25, 0.3) is 0 Å². The first-order valence-corrected chi connectivity index (χ1v) is 8.19. The van der Waals surface area contributed by atoms with Gasteiger partial charge in [-0.2, -0.15) is 0 Å². The molecule has 118 valence electrons. The lowest BCUT2D eigenvalue weighted by Crippen LogP contribution is -2.39. The minimum Gasteiger partial charge on any atom is -0.324 e. The minimum atomic E-state index is -0.240. The van der Waals surface area contributed by atoms with Gasteiger partial charge in [-0.3, -0.25) is 0 Å². The van der Waals surface area contributed by atoms with Crippen molar-refractivity contribution in [2.75, 3.05) is 13.6 Å². The Balaban J connectivity index is 1.91. The average Bonchev–Trinajstić information content (AvgIpc) is 2.47. The van der Waals surface area contributed by atoms with Crippen LogP contribution in [0.2, 0.25) is 0 Å². The molecule has 1 aliphatic rings. The molecule has 2 unspecified atom stereocenters. The van der Waals surface area contributed by atoms with Crippen LogP contribution >= 0.6 is 0 Å². The third-order valence-electron chi connectivity index (χ3n) is 5.06. The first-order valence-electron chi connectivity index (χ1n) is 8.19. The van der Waals surface area contributed by atoms with Gasteiger partial charge in [0.05, 0.1) is 0 Å². The molecule has 0 heterocycles. The summed E-state index contributed by atoms with van der Waals surface area (Å²) in [5.74, 6) is 0.921. The van der Waals surface area contributed by atoms with Crippen molar-refractivity contribution in [3.8, 4) is 0 Å². The zero-order valence-electron chi connectivity index (χ0n) is 13.6. The van der Waals surface area contributed by atoms with E-state index in [9.17, 15) is 4.39 Å². The summed E-state index contributed by atoms with van der Waals surface area (Å²) >= 11 is 0. The highest BCUT2D eigenvalue weighted by Gasteiger charge is 2.25. The molecule has 21 heavy (non-hydrogen) atoms. The molecule has 0 bridgehead atoms. The van der Waals surface area contributed by atoms with Crippen LogP contribution in [-0.2, 0) is 0 Å². The van der Waals surface area contributed by atoms with Crippen molar-refractivity contribution in [2.24, 2.45) is 17.6 Å². The number of nitrogens with zero attached hydrogens (tertiary/aromatic N) is 1. The second-order valence-electron chi connectivity index (χ2n) is 6.88. The zero-order valence-corrected chi connectivity index (χ0v) is 13.6. The molecule has 2 nitrogen and oxygen atoms in total. The van der Waals surface area contributed by atoms with Crippen molar-refractivity contribution in [1.29, 1.82) is 0 Å². The topological polar surface area (TPSA) is 29.3 Å². The van der Waals surface area contributed by atoms with E-state index in [4.69, 9.17) is 5.73 Å². The van der Waals surface area contributed by atoms with Crippen molar-refractivity contribution in [1.82, 2.24) is 4.90 Å².